The molecule has 1 fully saturated rings. The van der Waals surface area contributed by atoms with Crippen LogP contribution in [-0.4, -0.2) is 24.1 Å². The first-order valence-corrected chi connectivity index (χ1v) is 5.54. The Morgan fingerprint density at radius 2 is 2.46 bits per heavy atom. The second kappa shape index (κ2) is 3.44. The van der Waals surface area contributed by atoms with E-state index in [1.54, 1.807) is 11.3 Å². The van der Waals surface area contributed by atoms with Gasteiger partial charge in [-0.25, -0.2) is 4.98 Å². The van der Waals surface area contributed by atoms with E-state index >= 15 is 0 Å². The molecule has 2 heterocycles. The van der Waals surface area contributed by atoms with E-state index in [0.29, 0.717) is 11.1 Å². The maximum absolute atomic E-state index is 5.91. The van der Waals surface area contributed by atoms with E-state index in [1.165, 1.54) is 0 Å². The molecular weight excluding hydrogens is 206 g/mol. The Kier molecular flexibility index (Phi) is 2.45. The molecule has 1 aliphatic heterocycles. The molecule has 0 bridgehead atoms. The van der Waals surface area contributed by atoms with Gasteiger partial charge in [-0.2, -0.15) is 0 Å². The van der Waals surface area contributed by atoms with Crippen LogP contribution in [0, 0.1) is 5.92 Å². The Morgan fingerprint density at radius 3 is 2.92 bits per heavy atom. The second-order valence-electron chi connectivity index (χ2n) is 3.50. The molecule has 72 valence electrons. The number of halogens is 1. The number of hydrogen-bond donors (Lipinski definition) is 1. The van der Waals surface area contributed by atoms with Crippen molar-refractivity contribution < 1.29 is 0 Å². The van der Waals surface area contributed by atoms with Gasteiger partial charge in [-0.3, -0.25) is 0 Å². The van der Waals surface area contributed by atoms with Gasteiger partial charge in [-0.15, -0.1) is 11.3 Å². The Hall–Kier alpha value is -0.320. The molecule has 3 nitrogen and oxygen atoms in total. The predicted octanol–water partition coefficient (Wildman–Crippen LogP) is 1.58. The molecule has 2 N–H and O–H groups in total. The molecule has 1 saturated heterocycles. The van der Waals surface area contributed by atoms with Crippen LogP contribution in [-0.2, 0) is 0 Å². The molecule has 2 rings (SSSR count). The fourth-order valence-electron chi connectivity index (χ4n) is 1.54. The lowest BCUT2D eigenvalue weighted by Crippen LogP contribution is -2.28. The van der Waals surface area contributed by atoms with E-state index in [9.17, 15) is 0 Å². The average molecular weight is 218 g/mol. The third kappa shape index (κ3) is 1.80. The first kappa shape index (κ1) is 9.24. The van der Waals surface area contributed by atoms with Crippen molar-refractivity contribution in [3.63, 3.8) is 0 Å². The van der Waals surface area contributed by atoms with Crippen molar-refractivity contribution in [3.8, 4) is 0 Å². The summed E-state index contributed by atoms with van der Waals surface area (Å²) < 4.78 is 0. The number of aromatic nitrogens is 1. The molecule has 0 aromatic carbocycles. The van der Waals surface area contributed by atoms with E-state index in [2.05, 4.69) is 16.8 Å². The fourth-order valence-corrected chi connectivity index (χ4v) is 2.51. The summed E-state index contributed by atoms with van der Waals surface area (Å²) in [5.41, 5.74) is 5.91. The number of anilines is 1. The highest BCUT2D eigenvalue weighted by atomic mass is 35.5. The summed E-state index contributed by atoms with van der Waals surface area (Å²) in [5, 5.41) is 3.42. The van der Waals surface area contributed by atoms with Crippen LogP contribution in [0.3, 0.4) is 0 Å². The zero-order valence-electron chi connectivity index (χ0n) is 7.40. The maximum Gasteiger partial charge on any atom is 0.186 e. The van der Waals surface area contributed by atoms with E-state index in [4.69, 9.17) is 17.3 Å². The number of thiazole rings is 1. The lowest BCUT2D eigenvalue weighted by atomic mass is 10.1. The van der Waals surface area contributed by atoms with Gasteiger partial charge in [0.1, 0.15) is 5.15 Å². The number of nitrogens with two attached hydrogens (primary N) is 1. The smallest absolute Gasteiger partial charge is 0.186 e. The summed E-state index contributed by atoms with van der Waals surface area (Å²) >= 11 is 7.33. The van der Waals surface area contributed by atoms with E-state index in [1.807, 2.05) is 5.38 Å². The number of nitrogens with zero attached hydrogens (tertiary/aromatic N) is 2. The monoisotopic (exact) mass is 217 g/mol. The molecule has 1 aromatic heterocycles. The molecule has 0 radical (unpaired) electrons. The van der Waals surface area contributed by atoms with Crippen molar-refractivity contribution in [3.05, 3.63) is 10.5 Å². The lowest BCUT2D eigenvalue weighted by Gasteiger charge is -2.12. The summed E-state index contributed by atoms with van der Waals surface area (Å²) in [7, 11) is 0. The van der Waals surface area contributed by atoms with Crippen molar-refractivity contribution in [2.75, 3.05) is 18.0 Å². The lowest BCUT2D eigenvalue weighted by molar-refractivity contribution is 0.566. The molecule has 2 atom stereocenters. The first-order chi connectivity index (χ1) is 6.16. The quantitative estimate of drug-likeness (QED) is 0.777. The standard InChI is InChI=1S/C8H12ClN3S/c1-5-2-12(3-6(5)10)8-11-7(9)4-13-8/h4-6H,2-3,10H2,1H3. The van der Waals surface area contributed by atoms with Gasteiger partial charge in [0.15, 0.2) is 5.13 Å². The van der Waals surface area contributed by atoms with Gasteiger partial charge in [0.05, 0.1) is 0 Å². The SMILES string of the molecule is CC1CN(c2nc(Cl)cs2)CC1N. The molecule has 5 heteroatoms. The Labute approximate surface area is 86.5 Å². The third-order valence-electron chi connectivity index (χ3n) is 2.41. The van der Waals surface area contributed by atoms with Gasteiger partial charge < -0.3 is 10.6 Å². The molecule has 0 amide bonds. The summed E-state index contributed by atoms with van der Waals surface area (Å²) in [6.07, 6.45) is 0. The predicted molar refractivity (Wildman–Crippen MR) is 56.5 cm³/mol. The Morgan fingerprint density at radius 1 is 1.69 bits per heavy atom. The molecule has 2 unspecified atom stereocenters. The van der Waals surface area contributed by atoms with Crippen molar-refractivity contribution in [2.45, 2.75) is 13.0 Å². The van der Waals surface area contributed by atoms with Gasteiger partial charge in [-0.05, 0) is 5.92 Å². The van der Waals surface area contributed by atoms with Crippen molar-refractivity contribution in [1.82, 2.24) is 4.98 Å². The van der Waals surface area contributed by atoms with Crippen LogP contribution < -0.4 is 10.6 Å². The minimum Gasteiger partial charge on any atom is -0.346 e. The summed E-state index contributed by atoms with van der Waals surface area (Å²) in [5.74, 6) is 0.544. The van der Waals surface area contributed by atoms with Gasteiger partial charge in [0, 0.05) is 24.5 Å². The highest BCUT2D eigenvalue weighted by Gasteiger charge is 2.27. The van der Waals surface area contributed by atoms with Crippen molar-refractivity contribution >= 4 is 28.1 Å². The third-order valence-corrected chi connectivity index (χ3v) is 3.63. The van der Waals surface area contributed by atoms with Crippen molar-refractivity contribution in [2.24, 2.45) is 11.7 Å². The van der Waals surface area contributed by atoms with E-state index < -0.39 is 0 Å². The Bertz CT molecular complexity index is 291. The van der Waals surface area contributed by atoms with Gasteiger partial charge in [-0.1, -0.05) is 18.5 Å². The molecule has 1 aliphatic rings. The highest BCUT2D eigenvalue weighted by molar-refractivity contribution is 7.14. The van der Waals surface area contributed by atoms with Crippen LogP contribution in [0.2, 0.25) is 5.15 Å². The van der Waals surface area contributed by atoms with Crippen LogP contribution in [0.5, 0.6) is 0 Å². The second-order valence-corrected chi connectivity index (χ2v) is 4.72. The van der Waals surface area contributed by atoms with Gasteiger partial charge in [0.2, 0.25) is 0 Å². The summed E-state index contributed by atoms with van der Waals surface area (Å²) in [6, 6.07) is 0.266. The van der Waals surface area contributed by atoms with Gasteiger partial charge in [0.25, 0.3) is 0 Å². The van der Waals surface area contributed by atoms with Crippen LogP contribution in [0.1, 0.15) is 6.92 Å². The first-order valence-electron chi connectivity index (χ1n) is 4.28. The molecular formula is C8H12ClN3S. The summed E-state index contributed by atoms with van der Waals surface area (Å²) in [6.45, 7) is 4.05. The van der Waals surface area contributed by atoms with E-state index in [-0.39, 0.29) is 6.04 Å². The zero-order valence-corrected chi connectivity index (χ0v) is 8.98. The van der Waals surface area contributed by atoms with Gasteiger partial charge >= 0.3 is 0 Å². The highest BCUT2D eigenvalue weighted by Crippen LogP contribution is 2.27. The largest absolute Gasteiger partial charge is 0.346 e. The normalized spacial score (nSPS) is 28.4. The number of hydrogen-bond acceptors (Lipinski definition) is 4. The van der Waals surface area contributed by atoms with Crippen LogP contribution in [0.4, 0.5) is 5.13 Å². The average Bonchev–Trinajstić information content (AvgIpc) is 2.61. The fraction of sp³-hybridized carbons (Fsp3) is 0.625. The molecule has 1 aromatic rings. The number of rotatable bonds is 1. The topological polar surface area (TPSA) is 42.2 Å². The Balaban J connectivity index is 2.11. The minimum atomic E-state index is 0.266. The molecule has 0 aliphatic carbocycles. The molecule has 0 saturated carbocycles. The van der Waals surface area contributed by atoms with Crippen LogP contribution >= 0.6 is 22.9 Å². The van der Waals surface area contributed by atoms with Crippen LogP contribution in [0.25, 0.3) is 0 Å². The van der Waals surface area contributed by atoms with Crippen molar-refractivity contribution in [1.29, 1.82) is 0 Å². The van der Waals surface area contributed by atoms with Crippen LogP contribution in [0.15, 0.2) is 5.38 Å². The molecule has 13 heavy (non-hydrogen) atoms. The maximum atomic E-state index is 5.91. The van der Waals surface area contributed by atoms with E-state index in [0.717, 1.165) is 18.2 Å². The zero-order chi connectivity index (χ0) is 9.42. The summed E-state index contributed by atoms with van der Waals surface area (Å²) in [4.78, 5) is 6.42. The minimum absolute atomic E-state index is 0.266. The molecule has 0 spiro atoms.